The van der Waals surface area contributed by atoms with Crippen LogP contribution in [0.25, 0.3) is 0 Å². The molecule has 0 bridgehead atoms. The lowest BCUT2D eigenvalue weighted by atomic mass is 9.99. The van der Waals surface area contributed by atoms with Crippen molar-refractivity contribution in [3.63, 3.8) is 0 Å². The van der Waals surface area contributed by atoms with Gasteiger partial charge in [-0.2, -0.15) is 0 Å². The summed E-state index contributed by atoms with van der Waals surface area (Å²) < 4.78 is 0. The van der Waals surface area contributed by atoms with Crippen molar-refractivity contribution < 1.29 is 9.59 Å². The fraction of sp³-hybridized carbons (Fsp3) is 0.846. The van der Waals surface area contributed by atoms with Crippen molar-refractivity contribution in [3.05, 3.63) is 0 Å². The Morgan fingerprint density at radius 2 is 1.72 bits per heavy atom. The molecule has 0 radical (unpaired) electrons. The largest absolute Gasteiger partial charge is 0.347 e. The molecular weight excluding hydrogens is 230 g/mol. The van der Waals surface area contributed by atoms with E-state index in [9.17, 15) is 9.59 Å². The van der Waals surface area contributed by atoms with Crippen LogP contribution in [0.15, 0.2) is 0 Å². The Bertz CT molecular complexity index is 299. The molecule has 0 fully saturated rings. The lowest BCUT2D eigenvalue weighted by Gasteiger charge is -2.28. The van der Waals surface area contributed by atoms with Crippen LogP contribution in [-0.2, 0) is 9.59 Å². The van der Waals surface area contributed by atoms with E-state index in [4.69, 9.17) is 0 Å². The fourth-order valence-electron chi connectivity index (χ4n) is 1.46. The third-order valence-electron chi connectivity index (χ3n) is 2.94. The second-order valence-corrected chi connectivity index (χ2v) is 5.76. The van der Waals surface area contributed by atoms with Crippen LogP contribution in [0.2, 0.25) is 0 Å². The van der Waals surface area contributed by atoms with Crippen LogP contribution in [0.3, 0.4) is 0 Å². The van der Waals surface area contributed by atoms with Gasteiger partial charge in [0.05, 0.1) is 5.54 Å². The average Bonchev–Trinajstić information content (AvgIpc) is 2.26. The van der Waals surface area contributed by atoms with Crippen molar-refractivity contribution in [2.24, 2.45) is 5.92 Å². The van der Waals surface area contributed by atoms with E-state index < -0.39 is 11.6 Å². The van der Waals surface area contributed by atoms with Crippen LogP contribution >= 0.6 is 0 Å². The first-order chi connectivity index (χ1) is 8.11. The Morgan fingerprint density at radius 1 is 1.22 bits per heavy atom. The van der Waals surface area contributed by atoms with E-state index in [0.717, 1.165) is 0 Å². The summed E-state index contributed by atoms with van der Waals surface area (Å²) in [7, 11) is 5.13. The maximum Gasteiger partial charge on any atom is 0.244 e. The number of likely N-dealkylation sites (N-methyl/N-ethyl adjacent to an activating group) is 2. The fourth-order valence-corrected chi connectivity index (χ4v) is 1.46. The number of nitrogens with zero attached hydrogens (tertiary/aromatic N) is 1. The van der Waals surface area contributed by atoms with Gasteiger partial charge in [0.2, 0.25) is 11.8 Å². The molecule has 0 aliphatic rings. The van der Waals surface area contributed by atoms with Gasteiger partial charge < -0.3 is 15.5 Å². The molecule has 5 nitrogen and oxygen atoms in total. The van der Waals surface area contributed by atoms with Gasteiger partial charge in [-0.1, -0.05) is 13.8 Å². The predicted octanol–water partition coefficient (Wildman–Crippen LogP) is 0.604. The van der Waals surface area contributed by atoms with Gasteiger partial charge in [-0.15, -0.1) is 0 Å². The Balaban J connectivity index is 4.80. The topological polar surface area (TPSA) is 61.4 Å². The summed E-state index contributed by atoms with van der Waals surface area (Å²) in [5, 5.41) is 5.76. The molecular formula is C13H27N3O2. The number of rotatable bonds is 6. The highest BCUT2D eigenvalue weighted by Gasteiger charge is 2.30. The van der Waals surface area contributed by atoms with Crippen molar-refractivity contribution in [2.45, 2.75) is 45.7 Å². The molecule has 1 unspecified atom stereocenters. The maximum absolute atomic E-state index is 12.1. The quantitative estimate of drug-likeness (QED) is 0.732. The average molecular weight is 257 g/mol. The molecule has 1 atom stereocenters. The normalized spacial score (nSPS) is 13.3. The van der Waals surface area contributed by atoms with Crippen molar-refractivity contribution in [3.8, 4) is 0 Å². The van der Waals surface area contributed by atoms with E-state index in [1.165, 1.54) is 4.90 Å². The number of hydrogen-bond donors (Lipinski definition) is 2. The van der Waals surface area contributed by atoms with Gasteiger partial charge in [-0.05, 0) is 33.2 Å². The number of hydrogen-bond acceptors (Lipinski definition) is 3. The van der Waals surface area contributed by atoms with Crippen molar-refractivity contribution >= 4 is 11.8 Å². The summed E-state index contributed by atoms with van der Waals surface area (Å²) in [5.41, 5.74) is -0.679. The first kappa shape index (κ1) is 16.9. The third-order valence-corrected chi connectivity index (χ3v) is 2.94. The lowest BCUT2D eigenvalue weighted by molar-refractivity contribution is -0.136. The minimum Gasteiger partial charge on any atom is -0.347 e. The molecule has 0 spiro atoms. The molecule has 0 rings (SSSR count). The van der Waals surface area contributed by atoms with Gasteiger partial charge in [0.25, 0.3) is 0 Å². The number of carbonyl (C=O) groups excluding carboxylic acids is 2. The first-order valence-corrected chi connectivity index (χ1v) is 6.32. The second kappa shape index (κ2) is 6.73. The highest BCUT2D eigenvalue weighted by atomic mass is 16.2. The van der Waals surface area contributed by atoms with Crippen LogP contribution in [0, 0.1) is 5.92 Å². The molecule has 2 N–H and O–H groups in total. The molecule has 0 aromatic rings. The molecule has 0 saturated heterocycles. The van der Waals surface area contributed by atoms with Gasteiger partial charge >= 0.3 is 0 Å². The maximum atomic E-state index is 12.1. The molecule has 18 heavy (non-hydrogen) atoms. The Morgan fingerprint density at radius 3 is 2.06 bits per heavy atom. The SMILES string of the molecule is CNC(C)(C)C(=O)NC(CC(C)C)C(=O)N(C)C. The zero-order valence-corrected chi connectivity index (χ0v) is 12.6. The zero-order chi connectivity index (χ0) is 14.5. The van der Waals surface area contributed by atoms with Gasteiger partial charge in [-0.25, -0.2) is 0 Å². The first-order valence-electron chi connectivity index (χ1n) is 6.32. The zero-order valence-electron chi connectivity index (χ0n) is 12.6. The molecule has 0 heterocycles. The monoisotopic (exact) mass is 257 g/mol. The van der Waals surface area contributed by atoms with Crippen molar-refractivity contribution in [2.75, 3.05) is 21.1 Å². The number of carbonyl (C=O) groups is 2. The van der Waals surface area contributed by atoms with Crippen LogP contribution in [0.5, 0.6) is 0 Å². The Kier molecular flexibility index (Phi) is 6.32. The molecule has 106 valence electrons. The summed E-state index contributed by atoms with van der Waals surface area (Å²) in [6.45, 7) is 7.64. The van der Waals surface area contributed by atoms with Crippen molar-refractivity contribution in [1.29, 1.82) is 0 Å². The van der Waals surface area contributed by atoms with Gasteiger partial charge in [0.1, 0.15) is 6.04 Å². The summed E-state index contributed by atoms with van der Waals surface area (Å²) >= 11 is 0. The van der Waals surface area contributed by atoms with Gasteiger partial charge in [0, 0.05) is 14.1 Å². The van der Waals surface area contributed by atoms with Crippen LogP contribution in [-0.4, -0.2) is 49.4 Å². The standard InChI is InChI=1S/C13H27N3O2/c1-9(2)8-10(11(17)16(6)7)15-12(18)13(3,4)14-5/h9-10,14H,8H2,1-7H3,(H,15,18). The second-order valence-electron chi connectivity index (χ2n) is 5.76. The molecule has 0 aromatic heterocycles. The summed E-state index contributed by atoms with van der Waals surface area (Å²) in [6.07, 6.45) is 0.641. The van der Waals surface area contributed by atoms with Crippen LogP contribution in [0.4, 0.5) is 0 Å². The van der Waals surface area contributed by atoms with E-state index >= 15 is 0 Å². The molecule has 5 heteroatoms. The van der Waals surface area contributed by atoms with E-state index in [1.807, 2.05) is 13.8 Å². The third kappa shape index (κ3) is 5.04. The van der Waals surface area contributed by atoms with E-state index in [1.54, 1.807) is 35.0 Å². The smallest absolute Gasteiger partial charge is 0.244 e. The van der Waals surface area contributed by atoms with E-state index in [0.29, 0.717) is 12.3 Å². The predicted molar refractivity (Wildman–Crippen MR) is 73.2 cm³/mol. The Labute approximate surface area is 110 Å². The number of amides is 2. The van der Waals surface area contributed by atoms with Crippen LogP contribution in [0.1, 0.15) is 34.1 Å². The molecule has 0 aromatic carbocycles. The molecule has 0 aliphatic heterocycles. The van der Waals surface area contributed by atoms with Gasteiger partial charge in [0.15, 0.2) is 0 Å². The Hall–Kier alpha value is -1.10. The molecule has 0 saturated carbocycles. The minimum atomic E-state index is -0.679. The van der Waals surface area contributed by atoms with E-state index in [-0.39, 0.29) is 11.8 Å². The molecule has 0 aliphatic carbocycles. The van der Waals surface area contributed by atoms with Crippen molar-refractivity contribution in [1.82, 2.24) is 15.5 Å². The summed E-state index contributed by atoms with van der Waals surface area (Å²) in [5.74, 6) is 0.117. The van der Waals surface area contributed by atoms with Gasteiger partial charge in [-0.3, -0.25) is 9.59 Å². The highest BCUT2D eigenvalue weighted by Crippen LogP contribution is 2.09. The minimum absolute atomic E-state index is 0.0658. The van der Waals surface area contributed by atoms with Crippen LogP contribution < -0.4 is 10.6 Å². The number of nitrogens with one attached hydrogen (secondary N) is 2. The van der Waals surface area contributed by atoms with E-state index in [2.05, 4.69) is 10.6 Å². The summed E-state index contributed by atoms with van der Waals surface area (Å²) in [6, 6.07) is -0.458. The molecule has 2 amide bonds. The lowest BCUT2D eigenvalue weighted by Crippen LogP contribution is -2.56. The highest BCUT2D eigenvalue weighted by molar-refractivity contribution is 5.91. The summed E-state index contributed by atoms with van der Waals surface area (Å²) in [4.78, 5) is 25.6.